The molecule has 0 aromatic heterocycles. The first-order valence-electron chi connectivity index (χ1n) is 7.39. The molecule has 1 aromatic rings. The highest BCUT2D eigenvalue weighted by molar-refractivity contribution is 5.98. The molecule has 6 nitrogen and oxygen atoms in total. The molecule has 0 aliphatic carbocycles. The van der Waals surface area contributed by atoms with E-state index in [1.54, 1.807) is 0 Å². The second kappa shape index (κ2) is 7.22. The Kier molecular flexibility index (Phi) is 5.32. The van der Waals surface area contributed by atoms with Crippen molar-refractivity contribution in [3.8, 4) is 0 Å². The molecule has 3 N–H and O–H groups in total. The predicted octanol–water partition coefficient (Wildman–Crippen LogP) is 1.08. The third kappa shape index (κ3) is 3.73. The second-order valence-electron chi connectivity index (χ2n) is 5.22. The number of rotatable bonds is 6. The zero-order valence-electron chi connectivity index (χ0n) is 12.8. The highest BCUT2D eigenvalue weighted by Gasteiger charge is 2.23. The Morgan fingerprint density at radius 3 is 2.91 bits per heavy atom. The van der Waals surface area contributed by atoms with Gasteiger partial charge in [-0.1, -0.05) is 6.92 Å². The van der Waals surface area contributed by atoms with Crippen molar-refractivity contribution in [2.24, 2.45) is 0 Å². The number of nitrogens with one attached hydrogen (secondary N) is 3. The third-order valence-electron chi connectivity index (χ3n) is 3.48. The average molecular weight is 308 g/mol. The lowest BCUT2D eigenvalue weighted by molar-refractivity contribution is 0.0946. The molecule has 1 saturated heterocycles. The summed E-state index contributed by atoms with van der Waals surface area (Å²) in [7, 11) is 0. The third-order valence-corrected chi connectivity index (χ3v) is 3.48. The SMILES string of the molecule is CCN[C@H](C)CNC(=O)c1cc(N2CCNC2=O)ccc1F. The van der Waals surface area contributed by atoms with Gasteiger partial charge in [-0.3, -0.25) is 9.69 Å². The number of anilines is 1. The quantitative estimate of drug-likeness (QED) is 0.736. The van der Waals surface area contributed by atoms with Gasteiger partial charge in [-0.05, 0) is 31.7 Å². The van der Waals surface area contributed by atoms with E-state index in [-0.39, 0.29) is 17.6 Å². The van der Waals surface area contributed by atoms with E-state index in [2.05, 4.69) is 16.0 Å². The van der Waals surface area contributed by atoms with Gasteiger partial charge < -0.3 is 16.0 Å². The minimum Gasteiger partial charge on any atom is -0.350 e. The van der Waals surface area contributed by atoms with Crippen LogP contribution in [0.1, 0.15) is 24.2 Å². The molecular formula is C15H21FN4O2. The molecule has 7 heteroatoms. The predicted molar refractivity (Wildman–Crippen MR) is 82.6 cm³/mol. The van der Waals surface area contributed by atoms with E-state index in [0.717, 1.165) is 6.54 Å². The minimum absolute atomic E-state index is 0.0547. The summed E-state index contributed by atoms with van der Waals surface area (Å²) < 4.78 is 13.9. The highest BCUT2D eigenvalue weighted by atomic mass is 19.1. The molecule has 22 heavy (non-hydrogen) atoms. The van der Waals surface area contributed by atoms with Crippen LogP contribution >= 0.6 is 0 Å². The lowest BCUT2D eigenvalue weighted by Crippen LogP contribution is -2.39. The Morgan fingerprint density at radius 2 is 2.27 bits per heavy atom. The van der Waals surface area contributed by atoms with E-state index in [1.165, 1.54) is 23.1 Å². The molecule has 1 heterocycles. The number of nitrogens with zero attached hydrogens (tertiary/aromatic N) is 1. The zero-order valence-corrected chi connectivity index (χ0v) is 12.8. The number of halogens is 1. The minimum atomic E-state index is -0.600. The Morgan fingerprint density at radius 1 is 1.50 bits per heavy atom. The summed E-state index contributed by atoms with van der Waals surface area (Å²) >= 11 is 0. The van der Waals surface area contributed by atoms with Crippen LogP contribution in [0.15, 0.2) is 18.2 Å². The van der Waals surface area contributed by atoms with Crippen LogP contribution in [0.25, 0.3) is 0 Å². The van der Waals surface area contributed by atoms with Crippen LogP contribution in [0, 0.1) is 5.82 Å². The maximum atomic E-state index is 13.9. The molecule has 1 aliphatic heterocycles. The fraction of sp³-hybridized carbons (Fsp3) is 0.467. The van der Waals surface area contributed by atoms with Crippen LogP contribution < -0.4 is 20.9 Å². The number of carbonyl (C=O) groups is 2. The molecule has 1 atom stereocenters. The van der Waals surface area contributed by atoms with Crippen molar-refractivity contribution in [2.75, 3.05) is 31.1 Å². The number of hydrogen-bond donors (Lipinski definition) is 3. The fourth-order valence-corrected chi connectivity index (χ4v) is 2.33. The summed E-state index contributed by atoms with van der Waals surface area (Å²) in [5, 5.41) is 8.52. The fourth-order valence-electron chi connectivity index (χ4n) is 2.33. The van der Waals surface area contributed by atoms with Gasteiger partial charge in [0.05, 0.1) is 5.56 Å². The molecule has 120 valence electrons. The van der Waals surface area contributed by atoms with Gasteiger partial charge in [0.15, 0.2) is 0 Å². The molecule has 2 rings (SSSR count). The molecule has 0 radical (unpaired) electrons. The number of amides is 3. The van der Waals surface area contributed by atoms with Crippen LogP contribution in [0.4, 0.5) is 14.9 Å². The largest absolute Gasteiger partial charge is 0.350 e. The molecule has 0 unspecified atom stereocenters. The highest BCUT2D eigenvalue weighted by Crippen LogP contribution is 2.20. The second-order valence-corrected chi connectivity index (χ2v) is 5.22. The van der Waals surface area contributed by atoms with Crippen molar-refractivity contribution in [3.05, 3.63) is 29.6 Å². The Hall–Kier alpha value is -2.15. The maximum Gasteiger partial charge on any atom is 0.321 e. The smallest absolute Gasteiger partial charge is 0.321 e. The normalized spacial score (nSPS) is 15.6. The molecular weight excluding hydrogens is 287 g/mol. The Bertz CT molecular complexity index is 564. The molecule has 1 aliphatic rings. The monoisotopic (exact) mass is 308 g/mol. The van der Waals surface area contributed by atoms with Crippen molar-refractivity contribution in [1.82, 2.24) is 16.0 Å². The van der Waals surface area contributed by atoms with Crippen LogP contribution in [0.2, 0.25) is 0 Å². The van der Waals surface area contributed by atoms with Gasteiger partial charge in [-0.15, -0.1) is 0 Å². The van der Waals surface area contributed by atoms with Gasteiger partial charge in [0.25, 0.3) is 5.91 Å². The summed E-state index contributed by atoms with van der Waals surface area (Å²) in [6.07, 6.45) is 0. The van der Waals surface area contributed by atoms with E-state index < -0.39 is 11.7 Å². The summed E-state index contributed by atoms with van der Waals surface area (Å²) in [6.45, 7) is 6.15. The van der Waals surface area contributed by atoms with Gasteiger partial charge in [0.2, 0.25) is 0 Å². The average Bonchev–Trinajstić information content (AvgIpc) is 2.92. The van der Waals surface area contributed by atoms with Crippen LogP contribution in [0.5, 0.6) is 0 Å². The number of hydrogen-bond acceptors (Lipinski definition) is 3. The summed E-state index contributed by atoms with van der Waals surface area (Å²) in [5.41, 5.74) is 0.460. The van der Waals surface area contributed by atoms with Crippen LogP contribution in [-0.4, -0.2) is 44.2 Å². The van der Waals surface area contributed by atoms with Crippen molar-refractivity contribution in [1.29, 1.82) is 0 Å². The summed E-state index contributed by atoms with van der Waals surface area (Å²) in [4.78, 5) is 25.2. The molecule has 3 amide bonds. The first-order valence-corrected chi connectivity index (χ1v) is 7.39. The van der Waals surface area contributed by atoms with Gasteiger partial charge in [0, 0.05) is 31.4 Å². The van der Waals surface area contributed by atoms with Crippen LogP contribution in [0.3, 0.4) is 0 Å². The van der Waals surface area contributed by atoms with Crippen molar-refractivity contribution in [3.63, 3.8) is 0 Å². The number of benzene rings is 1. The standard InChI is InChI=1S/C15H21FN4O2/c1-3-17-10(2)9-19-14(21)12-8-11(4-5-13(12)16)20-7-6-18-15(20)22/h4-5,8,10,17H,3,6-7,9H2,1-2H3,(H,18,22)(H,19,21)/t10-/m1/s1. The van der Waals surface area contributed by atoms with E-state index in [0.29, 0.717) is 25.3 Å². The van der Waals surface area contributed by atoms with Crippen molar-refractivity contribution < 1.29 is 14.0 Å². The van der Waals surface area contributed by atoms with Gasteiger partial charge in [-0.2, -0.15) is 0 Å². The number of carbonyl (C=O) groups excluding carboxylic acids is 2. The van der Waals surface area contributed by atoms with E-state index in [1.807, 2.05) is 13.8 Å². The summed E-state index contributed by atoms with van der Waals surface area (Å²) in [6, 6.07) is 3.98. The molecule has 0 spiro atoms. The molecule has 1 fully saturated rings. The first-order chi connectivity index (χ1) is 10.5. The maximum absolute atomic E-state index is 13.9. The van der Waals surface area contributed by atoms with E-state index in [9.17, 15) is 14.0 Å². The van der Waals surface area contributed by atoms with Gasteiger partial charge >= 0.3 is 6.03 Å². The van der Waals surface area contributed by atoms with Crippen molar-refractivity contribution >= 4 is 17.6 Å². The zero-order chi connectivity index (χ0) is 16.1. The van der Waals surface area contributed by atoms with Gasteiger partial charge in [0.1, 0.15) is 5.82 Å². The van der Waals surface area contributed by atoms with E-state index >= 15 is 0 Å². The topological polar surface area (TPSA) is 73.5 Å². The van der Waals surface area contributed by atoms with E-state index in [4.69, 9.17) is 0 Å². The number of urea groups is 1. The van der Waals surface area contributed by atoms with Crippen molar-refractivity contribution in [2.45, 2.75) is 19.9 Å². The summed E-state index contributed by atoms with van der Waals surface area (Å²) in [5.74, 6) is -1.08. The molecule has 0 saturated carbocycles. The number of likely N-dealkylation sites (N-methyl/N-ethyl adjacent to an activating group) is 1. The van der Waals surface area contributed by atoms with Gasteiger partial charge in [-0.25, -0.2) is 9.18 Å². The molecule has 1 aromatic carbocycles. The first kappa shape index (κ1) is 16.2. The Labute approximate surface area is 129 Å². The lowest BCUT2D eigenvalue weighted by Gasteiger charge is -2.17. The molecule has 0 bridgehead atoms. The van der Waals surface area contributed by atoms with Crippen LogP contribution in [-0.2, 0) is 0 Å². The Balaban J connectivity index is 2.09. The lowest BCUT2D eigenvalue weighted by atomic mass is 10.1.